The smallest absolute Gasteiger partial charge is 0.395 e. The summed E-state index contributed by atoms with van der Waals surface area (Å²) in [6, 6.07) is 8.39. The number of nitrogen functional groups attached to an aromatic ring is 1. The molecule has 6 unspecified atom stereocenters. The molecule has 6 atom stereocenters. The summed E-state index contributed by atoms with van der Waals surface area (Å²) < 4.78 is 44.4. The standard InChI is InChI=1S/C25H34FN6O8PS/c1-24(2,12-33)22(35)42-9-8-38-41(37,29-10-14-6-4-3-5-7-14)39-11-15-18(34)16-19(25(16,36)40-15)32-13-28-17-20(27)30-23(26)31-21(17)32/h3-7,15-16,18-19,28,33-34,36H,8-13H2,1-2H3,(H,29,37)(H2,27,30,31). The highest BCUT2D eigenvalue weighted by Gasteiger charge is 2.78. The minimum Gasteiger partial charge on any atom is -0.395 e. The molecule has 14 nitrogen and oxygen atoms in total. The van der Waals surface area contributed by atoms with Crippen LogP contribution in [-0.4, -0.2) is 86.7 Å². The van der Waals surface area contributed by atoms with Gasteiger partial charge in [-0.3, -0.25) is 13.8 Å². The van der Waals surface area contributed by atoms with Gasteiger partial charge in [-0.25, -0.2) is 9.65 Å². The Morgan fingerprint density at radius 3 is 2.76 bits per heavy atom. The van der Waals surface area contributed by atoms with Crippen molar-refractivity contribution in [2.24, 2.45) is 11.3 Å². The Labute approximate surface area is 245 Å². The number of halogens is 1. The maximum atomic E-state index is 13.8. The van der Waals surface area contributed by atoms with Crippen LogP contribution >= 0.6 is 19.5 Å². The van der Waals surface area contributed by atoms with Crippen LogP contribution in [0.25, 0.3) is 0 Å². The van der Waals surface area contributed by atoms with Crippen molar-refractivity contribution in [1.82, 2.24) is 15.1 Å². The maximum absolute atomic E-state index is 13.8. The first-order valence-corrected chi connectivity index (χ1v) is 15.8. The first-order valence-electron chi connectivity index (χ1n) is 13.3. The summed E-state index contributed by atoms with van der Waals surface area (Å²) in [7, 11) is -3.98. The molecule has 17 heteroatoms. The van der Waals surface area contributed by atoms with E-state index in [1.807, 2.05) is 30.3 Å². The SMILES string of the molecule is CC(C)(CO)C(=O)SCCOP(=O)(NCc1ccccc1)OCC1OC2(O)C(C1O)C2N1CNc2c(N)nc(F)nc21. The first kappa shape index (κ1) is 31.0. The van der Waals surface area contributed by atoms with Crippen LogP contribution in [-0.2, 0) is 29.7 Å². The summed E-state index contributed by atoms with van der Waals surface area (Å²) in [5, 5.41) is 37.0. The second-order valence-electron chi connectivity index (χ2n) is 10.9. The lowest BCUT2D eigenvalue weighted by molar-refractivity contribution is -0.155. The summed E-state index contributed by atoms with van der Waals surface area (Å²) in [6.07, 6.45) is -3.29. The van der Waals surface area contributed by atoms with Crippen LogP contribution in [0.4, 0.5) is 21.7 Å². The van der Waals surface area contributed by atoms with E-state index >= 15 is 0 Å². The predicted molar refractivity (Wildman–Crippen MR) is 152 cm³/mol. The number of fused-ring (bicyclic) bond motifs is 2. The van der Waals surface area contributed by atoms with Gasteiger partial charge < -0.3 is 36.0 Å². The Morgan fingerprint density at radius 1 is 1.36 bits per heavy atom. The highest BCUT2D eigenvalue weighted by molar-refractivity contribution is 8.13. The molecule has 0 radical (unpaired) electrons. The predicted octanol–water partition coefficient (Wildman–Crippen LogP) is 1.04. The van der Waals surface area contributed by atoms with Gasteiger partial charge in [0.2, 0.25) is 0 Å². The number of hydrogen-bond donors (Lipinski definition) is 6. The second kappa shape index (κ2) is 11.9. The minimum atomic E-state index is -3.98. The van der Waals surface area contributed by atoms with E-state index < -0.39 is 49.2 Å². The Hall–Kier alpha value is -2.40. The number of carbonyl (C=O) groups is 1. The Bertz CT molecular complexity index is 1360. The monoisotopic (exact) mass is 628 g/mol. The number of hydrogen-bond acceptors (Lipinski definition) is 14. The number of carbonyl (C=O) groups excluding carboxylic acids is 1. The van der Waals surface area contributed by atoms with Crippen LogP contribution in [0, 0.1) is 17.4 Å². The molecule has 1 saturated carbocycles. The number of aromatic nitrogens is 2. The van der Waals surface area contributed by atoms with E-state index in [4.69, 9.17) is 19.5 Å². The molecule has 0 bridgehead atoms. The summed E-state index contributed by atoms with van der Waals surface area (Å²) in [5.41, 5.74) is 5.98. The lowest BCUT2D eigenvalue weighted by Crippen LogP contribution is -2.41. The fourth-order valence-electron chi connectivity index (χ4n) is 4.95. The molecule has 1 aromatic carbocycles. The number of ether oxygens (including phenoxy) is 1. The molecule has 2 fully saturated rings. The third-order valence-corrected chi connectivity index (χ3v) is 10.1. The van der Waals surface area contributed by atoms with Gasteiger partial charge in [-0.1, -0.05) is 42.1 Å². The van der Waals surface area contributed by atoms with Crippen molar-refractivity contribution in [3.05, 3.63) is 42.0 Å². The summed E-state index contributed by atoms with van der Waals surface area (Å²) in [5.74, 6) is -2.34. The first-order chi connectivity index (χ1) is 19.9. The van der Waals surface area contributed by atoms with Gasteiger partial charge in [0.25, 0.3) is 0 Å². The van der Waals surface area contributed by atoms with E-state index in [1.54, 1.807) is 18.7 Å². The van der Waals surface area contributed by atoms with Crippen LogP contribution in [0.5, 0.6) is 0 Å². The molecule has 0 spiro atoms. The molecule has 5 rings (SSSR count). The van der Waals surface area contributed by atoms with Gasteiger partial charge in [0.1, 0.15) is 11.8 Å². The maximum Gasteiger partial charge on any atom is 0.405 e. The van der Waals surface area contributed by atoms with Crippen LogP contribution in [0.2, 0.25) is 0 Å². The van der Waals surface area contributed by atoms with Crippen LogP contribution in [0.15, 0.2) is 30.3 Å². The van der Waals surface area contributed by atoms with Gasteiger partial charge in [-0.15, -0.1) is 0 Å². The number of aliphatic hydroxyl groups is 3. The van der Waals surface area contributed by atoms with Crippen molar-refractivity contribution in [2.45, 2.75) is 44.4 Å². The highest BCUT2D eigenvalue weighted by Crippen LogP contribution is 2.59. The topological polar surface area (TPSA) is 202 Å². The second-order valence-corrected chi connectivity index (χ2v) is 13.8. The number of nitrogens with zero attached hydrogens (tertiary/aromatic N) is 3. The number of anilines is 3. The summed E-state index contributed by atoms with van der Waals surface area (Å²) in [6.45, 7) is 2.73. The highest BCUT2D eigenvalue weighted by atomic mass is 32.2. The largest absolute Gasteiger partial charge is 0.405 e. The molecular formula is C25H34FN6O8PS. The van der Waals surface area contributed by atoms with Crippen molar-refractivity contribution in [3.63, 3.8) is 0 Å². The molecule has 2 aromatic rings. The van der Waals surface area contributed by atoms with Gasteiger partial charge in [0.05, 0.1) is 50.0 Å². The molecule has 42 heavy (non-hydrogen) atoms. The molecule has 3 aliphatic rings. The average Bonchev–Trinajstić information content (AvgIpc) is 3.20. The van der Waals surface area contributed by atoms with Gasteiger partial charge in [-0.2, -0.15) is 14.4 Å². The molecule has 230 valence electrons. The summed E-state index contributed by atoms with van der Waals surface area (Å²) >= 11 is 0.945. The lowest BCUT2D eigenvalue weighted by atomic mass is 9.97. The Balaban J connectivity index is 1.20. The zero-order valence-corrected chi connectivity index (χ0v) is 24.7. The Morgan fingerprint density at radius 2 is 2.10 bits per heavy atom. The molecule has 0 amide bonds. The number of aliphatic hydroxyl groups excluding tert-OH is 2. The normalized spacial score (nSPS) is 27.7. The van der Waals surface area contributed by atoms with E-state index in [1.165, 1.54) is 0 Å². The molecule has 1 saturated heterocycles. The van der Waals surface area contributed by atoms with Crippen molar-refractivity contribution in [3.8, 4) is 0 Å². The fraction of sp³-hybridized carbons (Fsp3) is 0.560. The van der Waals surface area contributed by atoms with E-state index in [0.717, 1.165) is 17.3 Å². The van der Waals surface area contributed by atoms with Crippen LogP contribution in [0.3, 0.4) is 0 Å². The molecule has 7 N–H and O–H groups in total. The molecular weight excluding hydrogens is 594 g/mol. The van der Waals surface area contributed by atoms with Gasteiger partial charge in [-0.05, 0) is 19.4 Å². The number of nitrogens with one attached hydrogen (secondary N) is 2. The van der Waals surface area contributed by atoms with Crippen molar-refractivity contribution >= 4 is 41.9 Å². The third-order valence-electron chi connectivity index (χ3n) is 7.40. The molecule has 2 aliphatic heterocycles. The number of benzene rings is 1. The molecule has 3 heterocycles. The lowest BCUT2D eigenvalue weighted by Gasteiger charge is -2.27. The van der Waals surface area contributed by atoms with E-state index in [-0.39, 0.29) is 55.5 Å². The minimum absolute atomic E-state index is 0.0795. The van der Waals surface area contributed by atoms with Gasteiger partial charge in [0.15, 0.2) is 22.5 Å². The zero-order valence-electron chi connectivity index (χ0n) is 23.0. The third kappa shape index (κ3) is 6.14. The quantitative estimate of drug-likeness (QED) is 0.104. The van der Waals surface area contributed by atoms with Gasteiger partial charge in [0, 0.05) is 12.3 Å². The fourth-order valence-corrected chi connectivity index (χ4v) is 7.19. The number of nitrogens with two attached hydrogens (primary N) is 1. The molecule has 1 aliphatic carbocycles. The number of rotatable bonds is 13. The van der Waals surface area contributed by atoms with Crippen LogP contribution < -0.4 is 21.0 Å². The molecule has 1 aromatic heterocycles. The number of thioether (sulfide) groups is 1. The van der Waals surface area contributed by atoms with Gasteiger partial charge >= 0.3 is 13.8 Å². The van der Waals surface area contributed by atoms with Crippen LogP contribution in [0.1, 0.15) is 19.4 Å². The van der Waals surface area contributed by atoms with Crippen molar-refractivity contribution in [1.29, 1.82) is 0 Å². The van der Waals surface area contributed by atoms with Crippen molar-refractivity contribution < 1.29 is 42.9 Å². The van der Waals surface area contributed by atoms with E-state index in [9.17, 15) is 29.1 Å². The average molecular weight is 629 g/mol. The van der Waals surface area contributed by atoms with E-state index in [2.05, 4.69) is 20.4 Å². The Kier molecular flexibility index (Phi) is 8.83. The van der Waals surface area contributed by atoms with E-state index in [0.29, 0.717) is 5.69 Å². The zero-order chi connectivity index (χ0) is 30.3. The van der Waals surface area contributed by atoms with Crippen molar-refractivity contribution in [2.75, 3.05) is 48.2 Å². The summed E-state index contributed by atoms with van der Waals surface area (Å²) in [4.78, 5) is 21.1.